The van der Waals surface area contributed by atoms with Gasteiger partial charge in [-0.1, -0.05) is 6.92 Å². The fourth-order valence-corrected chi connectivity index (χ4v) is 4.21. The monoisotopic (exact) mass is 233 g/mol. The highest BCUT2D eigenvalue weighted by Crippen LogP contribution is 2.33. The number of sulfone groups is 1. The molecule has 0 aliphatic carbocycles. The SMILES string of the molecule is CCC1(C)CCOC2(CCS(=O)(=O)C2)N1. The molecule has 2 aliphatic rings. The van der Waals surface area contributed by atoms with Gasteiger partial charge in [0.15, 0.2) is 9.84 Å². The second-order valence-corrected chi connectivity index (χ2v) is 7.16. The van der Waals surface area contributed by atoms with Crippen molar-refractivity contribution < 1.29 is 13.2 Å². The lowest BCUT2D eigenvalue weighted by Gasteiger charge is -2.45. The van der Waals surface area contributed by atoms with Crippen LogP contribution in [-0.4, -0.2) is 37.8 Å². The molecule has 5 heteroatoms. The van der Waals surface area contributed by atoms with Crippen molar-refractivity contribution in [3.05, 3.63) is 0 Å². The maximum Gasteiger partial charge on any atom is 0.154 e. The van der Waals surface area contributed by atoms with Crippen LogP contribution in [0.1, 0.15) is 33.1 Å². The van der Waals surface area contributed by atoms with Crippen LogP contribution < -0.4 is 5.32 Å². The standard InChI is InChI=1S/C10H19NO3S/c1-3-9(2)4-6-14-10(11-9)5-7-15(12,13)8-10/h11H,3-8H2,1-2H3. The topological polar surface area (TPSA) is 55.4 Å². The Morgan fingerprint density at radius 2 is 2.13 bits per heavy atom. The summed E-state index contributed by atoms with van der Waals surface area (Å²) < 4.78 is 28.6. The van der Waals surface area contributed by atoms with Gasteiger partial charge in [-0.25, -0.2) is 8.42 Å². The van der Waals surface area contributed by atoms with Gasteiger partial charge in [0.25, 0.3) is 0 Å². The van der Waals surface area contributed by atoms with Crippen molar-refractivity contribution in [3.63, 3.8) is 0 Å². The van der Waals surface area contributed by atoms with Gasteiger partial charge in [-0.05, 0) is 19.8 Å². The van der Waals surface area contributed by atoms with Crippen LogP contribution in [0.15, 0.2) is 0 Å². The Morgan fingerprint density at radius 3 is 2.67 bits per heavy atom. The van der Waals surface area contributed by atoms with E-state index < -0.39 is 15.6 Å². The summed E-state index contributed by atoms with van der Waals surface area (Å²) in [6.45, 7) is 4.92. The van der Waals surface area contributed by atoms with Crippen LogP contribution in [0.4, 0.5) is 0 Å². The molecule has 15 heavy (non-hydrogen) atoms. The van der Waals surface area contributed by atoms with E-state index in [1.54, 1.807) is 0 Å². The van der Waals surface area contributed by atoms with Crippen LogP contribution in [0.3, 0.4) is 0 Å². The molecule has 0 saturated carbocycles. The molecule has 88 valence electrons. The fourth-order valence-electron chi connectivity index (χ4n) is 2.42. The third kappa shape index (κ3) is 2.19. The van der Waals surface area contributed by atoms with Crippen LogP contribution in [0, 0.1) is 0 Å². The molecular formula is C10H19NO3S. The van der Waals surface area contributed by atoms with Gasteiger partial charge in [0.1, 0.15) is 5.72 Å². The molecule has 2 rings (SSSR count). The van der Waals surface area contributed by atoms with Crippen molar-refractivity contribution in [3.8, 4) is 0 Å². The van der Waals surface area contributed by atoms with E-state index in [1.807, 2.05) is 0 Å². The largest absolute Gasteiger partial charge is 0.359 e. The summed E-state index contributed by atoms with van der Waals surface area (Å²) in [5.74, 6) is 0.384. The van der Waals surface area contributed by atoms with Crippen LogP contribution in [0.25, 0.3) is 0 Å². The maximum absolute atomic E-state index is 11.5. The molecule has 2 aliphatic heterocycles. The average Bonchev–Trinajstić information content (AvgIpc) is 2.42. The predicted octanol–water partition coefficient (Wildman–Crippen LogP) is 0.680. The first kappa shape index (κ1) is 11.4. The van der Waals surface area contributed by atoms with E-state index in [1.165, 1.54) is 0 Å². The normalized spacial score (nSPS) is 44.7. The van der Waals surface area contributed by atoms with E-state index in [0.29, 0.717) is 13.0 Å². The van der Waals surface area contributed by atoms with Gasteiger partial charge in [-0.15, -0.1) is 0 Å². The summed E-state index contributed by atoms with van der Waals surface area (Å²) >= 11 is 0. The summed E-state index contributed by atoms with van der Waals surface area (Å²) in [4.78, 5) is 0. The summed E-state index contributed by atoms with van der Waals surface area (Å²) in [6.07, 6.45) is 2.54. The molecule has 1 spiro atoms. The average molecular weight is 233 g/mol. The summed E-state index contributed by atoms with van der Waals surface area (Å²) in [7, 11) is -2.90. The second-order valence-electron chi connectivity index (χ2n) is 4.97. The highest BCUT2D eigenvalue weighted by molar-refractivity contribution is 7.91. The van der Waals surface area contributed by atoms with E-state index in [0.717, 1.165) is 12.8 Å². The minimum Gasteiger partial charge on any atom is -0.359 e. The molecule has 0 radical (unpaired) electrons. The first-order chi connectivity index (χ1) is 6.89. The Labute approximate surface area is 91.3 Å². The molecule has 4 nitrogen and oxygen atoms in total. The van der Waals surface area contributed by atoms with Gasteiger partial charge in [-0.3, -0.25) is 5.32 Å². The van der Waals surface area contributed by atoms with Gasteiger partial charge >= 0.3 is 0 Å². The third-order valence-corrected chi connectivity index (χ3v) is 5.34. The lowest BCUT2D eigenvalue weighted by Crippen LogP contribution is -2.62. The van der Waals surface area contributed by atoms with Crippen LogP contribution in [0.2, 0.25) is 0 Å². The second kappa shape index (κ2) is 3.43. The molecule has 2 atom stereocenters. The zero-order valence-corrected chi connectivity index (χ0v) is 10.2. The van der Waals surface area contributed by atoms with Crippen molar-refractivity contribution in [1.82, 2.24) is 5.32 Å². The number of rotatable bonds is 1. The molecule has 0 aromatic heterocycles. The Kier molecular flexibility index (Phi) is 2.60. The Hall–Kier alpha value is -0.130. The van der Waals surface area contributed by atoms with E-state index in [2.05, 4.69) is 19.2 Å². The Balaban J connectivity index is 2.17. The number of hydrogen-bond donors (Lipinski definition) is 1. The van der Waals surface area contributed by atoms with Gasteiger partial charge in [0.05, 0.1) is 18.1 Å². The Bertz CT molecular complexity index is 354. The summed E-state index contributed by atoms with van der Waals surface area (Å²) in [5.41, 5.74) is -0.569. The predicted molar refractivity (Wildman–Crippen MR) is 58.4 cm³/mol. The Morgan fingerprint density at radius 1 is 1.40 bits per heavy atom. The van der Waals surface area contributed by atoms with Gasteiger partial charge in [-0.2, -0.15) is 0 Å². The van der Waals surface area contributed by atoms with Crippen molar-refractivity contribution >= 4 is 9.84 Å². The first-order valence-corrected chi connectivity index (χ1v) is 7.35. The maximum atomic E-state index is 11.5. The van der Waals surface area contributed by atoms with Crippen molar-refractivity contribution in [2.24, 2.45) is 0 Å². The molecule has 2 unspecified atom stereocenters. The molecular weight excluding hydrogens is 214 g/mol. The minimum atomic E-state index is -2.90. The van der Waals surface area contributed by atoms with Crippen LogP contribution in [-0.2, 0) is 14.6 Å². The van der Waals surface area contributed by atoms with E-state index in [4.69, 9.17) is 4.74 Å². The highest BCUT2D eigenvalue weighted by atomic mass is 32.2. The van der Waals surface area contributed by atoms with Crippen LogP contribution in [0.5, 0.6) is 0 Å². The van der Waals surface area contributed by atoms with Gasteiger partial charge < -0.3 is 4.74 Å². The van der Waals surface area contributed by atoms with Gasteiger partial charge in [0.2, 0.25) is 0 Å². The third-order valence-electron chi connectivity index (χ3n) is 3.61. The van der Waals surface area contributed by atoms with E-state index in [9.17, 15) is 8.42 Å². The molecule has 2 saturated heterocycles. The zero-order chi connectivity index (χ0) is 11.2. The molecule has 0 aromatic rings. The molecule has 2 heterocycles. The molecule has 1 N–H and O–H groups in total. The van der Waals surface area contributed by atoms with Crippen molar-refractivity contribution in [1.29, 1.82) is 0 Å². The van der Waals surface area contributed by atoms with Crippen LogP contribution >= 0.6 is 0 Å². The minimum absolute atomic E-state index is 0.0259. The van der Waals surface area contributed by atoms with Crippen molar-refractivity contribution in [2.45, 2.75) is 44.4 Å². The lowest BCUT2D eigenvalue weighted by atomic mass is 9.91. The van der Waals surface area contributed by atoms with E-state index >= 15 is 0 Å². The molecule has 0 amide bonds. The first-order valence-electron chi connectivity index (χ1n) is 5.52. The summed E-state index contributed by atoms with van der Waals surface area (Å²) in [5, 5.41) is 3.41. The number of hydrogen-bond acceptors (Lipinski definition) is 4. The van der Waals surface area contributed by atoms with E-state index in [-0.39, 0.29) is 17.0 Å². The lowest BCUT2D eigenvalue weighted by molar-refractivity contribution is -0.113. The molecule has 0 bridgehead atoms. The number of ether oxygens (including phenoxy) is 1. The molecule has 2 fully saturated rings. The zero-order valence-electron chi connectivity index (χ0n) is 9.38. The molecule has 0 aromatic carbocycles. The number of nitrogens with one attached hydrogen (secondary N) is 1. The van der Waals surface area contributed by atoms with Gasteiger partial charge in [0, 0.05) is 12.0 Å². The smallest absolute Gasteiger partial charge is 0.154 e. The summed E-state index contributed by atoms with van der Waals surface area (Å²) in [6, 6.07) is 0. The van der Waals surface area contributed by atoms with Crippen molar-refractivity contribution in [2.75, 3.05) is 18.1 Å². The highest BCUT2D eigenvalue weighted by Gasteiger charge is 2.48. The quantitative estimate of drug-likeness (QED) is 0.723. The fraction of sp³-hybridized carbons (Fsp3) is 1.00.